The molecule has 0 fully saturated rings. The number of rotatable bonds is 4. The van der Waals surface area contributed by atoms with Crippen LogP contribution >= 0.6 is 22.6 Å². The van der Waals surface area contributed by atoms with Crippen LogP contribution in [0.25, 0.3) is 0 Å². The van der Waals surface area contributed by atoms with Crippen LogP contribution in [0.15, 0.2) is 62.7 Å². The fourth-order valence-corrected chi connectivity index (χ4v) is 5.49. The highest BCUT2D eigenvalue weighted by Gasteiger charge is 2.30. The molecule has 28 heavy (non-hydrogen) atoms. The smallest absolute Gasteiger partial charge is 0.303 e. The van der Waals surface area contributed by atoms with Crippen molar-refractivity contribution in [2.24, 2.45) is 0 Å². The minimum atomic E-state index is -3.81. The van der Waals surface area contributed by atoms with E-state index in [-0.39, 0.29) is 18.0 Å². The Kier molecular flexibility index (Phi) is 6.44. The van der Waals surface area contributed by atoms with Crippen LogP contribution in [0.1, 0.15) is 30.0 Å². The van der Waals surface area contributed by atoms with Crippen LogP contribution in [-0.4, -0.2) is 25.3 Å². The molecule has 1 heterocycles. The standard InChI is InChI=1S/C21H22INO4S/c1-15-7-10-19(11-8-15)28(25,26)23-13-18-6-4-3-5-17(18)9-12-20(22)21(23)14-27-16(2)24/h3-8,10-11H,9,12-14H2,1-2H3/b21-20+. The number of carbonyl (C=O) groups is 1. The Morgan fingerprint density at radius 3 is 2.36 bits per heavy atom. The predicted octanol–water partition coefficient (Wildman–Crippen LogP) is 4.34. The summed E-state index contributed by atoms with van der Waals surface area (Å²) in [7, 11) is -3.81. The number of ether oxygens (including phenoxy) is 1. The number of halogens is 1. The summed E-state index contributed by atoms with van der Waals surface area (Å²) in [5, 5.41) is 0. The first-order valence-corrected chi connectivity index (χ1v) is 11.5. The van der Waals surface area contributed by atoms with Crippen LogP contribution in [-0.2, 0) is 32.5 Å². The van der Waals surface area contributed by atoms with E-state index in [2.05, 4.69) is 22.6 Å². The first kappa shape index (κ1) is 20.9. The Labute approximate surface area is 179 Å². The Balaban J connectivity index is 2.11. The lowest BCUT2D eigenvalue weighted by atomic mass is 10.0. The molecule has 0 unspecified atom stereocenters. The summed E-state index contributed by atoms with van der Waals surface area (Å²) in [6.07, 6.45) is 1.50. The Hall–Kier alpha value is -1.87. The number of aryl methyl sites for hydroxylation is 2. The van der Waals surface area contributed by atoms with E-state index in [1.807, 2.05) is 31.2 Å². The first-order valence-electron chi connectivity index (χ1n) is 8.96. The average molecular weight is 511 g/mol. The SMILES string of the molecule is CC(=O)OC/C1=C(\I)CCc2ccccc2CN1S(=O)(=O)c1ccc(C)cc1. The molecule has 3 rings (SSSR count). The predicted molar refractivity (Wildman–Crippen MR) is 116 cm³/mol. The molecule has 7 heteroatoms. The van der Waals surface area contributed by atoms with E-state index in [0.717, 1.165) is 26.7 Å². The minimum Gasteiger partial charge on any atom is -0.459 e. The molecule has 148 valence electrons. The summed E-state index contributed by atoms with van der Waals surface area (Å²) in [5.74, 6) is -0.438. The number of hydrogen-bond acceptors (Lipinski definition) is 4. The first-order chi connectivity index (χ1) is 13.3. The monoisotopic (exact) mass is 511 g/mol. The highest BCUT2D eigenvalue weighted by atomic mass is 127. The highest BCUT2D eigenvalue weighted by molar-refractivity contribution is 14.1. The van der Waals surface area contributed by atoms with E-state index in [4.69, 9.17) is 4.74 Å². The van der Waals surface area contributed by atoms with Crippen molar-refractivity contribution < 1.29 is 17.9 Å². The van der Waals surface area contributed by atoms with Crippen LogP contribution in [0.3, 0.4) is 0 Å². The van der Waals surface area contributed by atoms with E-state index in [9.17, 15) is 13.2 Å². The molecule has 5 nitrogen and oxygen atoms in total. The van der Waals surface area contributed by atoms with E-state index >= 15 is 0 Å². The van der Waals surface area contributed by atoms with Crippen molar-refractivity contribution in [1.29, 1.82) is 0 Å². The molecular weight excluding hydrogens is 489 g/mol. The van der Waals surface area contributed by atoms with Gasteiger partial charge in [0.2, 0.25) is 0 Å². The van der Waals surface area contributed by atoms with Gasteiger partial charge in [-0.2, -0.15) is 0 Å². The molecule has 0 aliphatic carbocycles. The quantitative estimate of drug-likeness (QED) is 0.453. The van der Waals surface area contributed by atoms with Gasteiger partial charge in [0.25, 0.3) is 10.0 Å². The third-order valence-corrected chi connectivity index (χ3v) is 7.64. The zero-order valence-electron chi connectivity index (χ0n) is 15.8. The van der Waals surface area contributed by atoms with Crippen LogP contribution in [0.2, 0.25) is 0 Å². The van der Waals surface area contributed by atoms with Gasteiger partial charge >= 0.3 is 5.97 Å². The number of allylic oxidation sites excluding steroid dienone is 1. The molecule has 0 bridgehead atoms. The van der Waals surface area contributed by atoms with Crippen LogP contribution in [0.4, 0.5) is 0 Å². The zero-order valence-corrected chi connectivity index (χ0v) is 18.8. The highest BCUT2D eigenvalue weighted by Crippen LogP contribution is 2.33. The second-order valence-corrected chi connectivity index (χ2v) is 9.89. The Bertz CT molecular complexity index is 1010. The van der Waals surface area contributed by atoms with Gasteiger partial charge in [-0.1, -0.05) is 42.0 Å². The zero-order chi connectivity index (χ0) is 20.3. The molecule has 1 aliphatic rings. The van der Waals surface area contributed by atoms with Crippen molar-refractivity contribution in [2.75, 3.05) is 6.61 Å². The molecule has 0 atom stereocenters. The normalized spacial score (nSPS) is 17.5. The van der Waals surface area contributed by atoms with Gasteiger partial charge in [-0.25, -0.2) is 8.42 Å². The average Bonchev–Trinajstić information content (AvgIpc) is 2.65. The fraction of sp³-hybridized carbons (Fsp3) is 0.286. The van der Waals surface area contributed by atoms with Gasteiger partial charge in [-0.15, -0.1) is 0 Å². The van der Waals surface area contributed by atoms with Gasteiger partial charge in [0, 0.05) is 10.5 Å². The van der Waals surface area contributed by atoms with Gasteiger partial charge in [-0.05, 0) is 65.6 Å². The summed E-state index contributed by atoms with van der Waals surface area (Å²) >= 11 is 2.17. The lowest BCUT2D eigenvalue weighted by Crippen LogP contribution is -2.34. The largest absolute Gasteiger partial charge is 0.459 e. The lowest BCUT2D eigenvalue weighted by molar-refractivity contribution is -0.140. The van der Waals surface area contributed by atoms with E-state index in [0.29, 0.717) is 12.1 Å². The molecule has 0 saturated carbocycles. The topological polar surface area (TPSA) is 63.7 Å². The molecule has 0 spiro atoms. The molecule has 0 N–H and O–H groups in total. The maximum absolute atomic E-state index is 13.5. The lowest BCUT2D eigenvalue weighted by Gasteiger charge is -2.30. The minimum absolute atomic E-state index is 0.0686. The van der Waals surface area contributed by atoms with Crippen molar-refractivity contribution >= 4 is 38.6 Å². The molecule has 0 saturated heterocycles. The molecule has 2 aromatic rings. The Morgan fingerprint density at radius 2 is 1.71 bits per heavy atom. The number of nitrogens with zero attached hydrogens (tertiary/aromatic N) is 1. The van der Waals surface area contributed by atoms with Gasteiger partial charge in [0.05, 0.1) is 17.1 Å². The summed E-state index contributed by atoms with van der Waals surface area (Å²) < 4.78 is 34.5. The number of carbonyl (C=O) groups excluding carboxylic acids is 1. The molecular formula is C21H22INO4S. The number of sulfonamides is 1. The van der Waals surface area contributed by atoms with Gasteiger partial charge in [-0.3, -0.25) is 9.10 Å². The van der Waals surface area contributed by atoms with Crippen molar-refractivity contribution in [3.8, 4) is 0 Å². The van der Waals surface area contributed by atoms with Crippen LogP contribution in [0, 0.1) is 6.92 Å². The van der Waals surface area contributed by atoms with Crippen molar-refractivity contribution in [1.82, 2.24) is 4.31 Å². The second kappa shape index (κ2) is 8.65. The summed E-state index contributed by atoms with van der Waals surface area (Å²) in [5.41, 5.74) is 3.60. The number of fused-ring (bicyclic) bond motifs is 1. The van der Waals surface area contributed by atoms with E-state index in [1.165, 1.54) is 11.2 Å². The van der Waals surface area contributed by atoms with Gasteiger partial charge in [0.15, 0.2) is 0 Å². The van der Waals surface area contributed by atoms with Crippen LogP contribution in [0.5, 0.6) is 0 Å². The second-order valence-electron chi connectivity index (χ2n) is 6.73. The summed E-state index contributed by atoms with van der Waals surface area (Å²) in [6, 6.07) is 14.7. The third-order valence-electron chi connectivity index (χ3n) is 4.68. The molecule has 1 aliphatic heterocycles. The Morgan fingerprint density at radius 1 is 1.07 bits per heavy atom. The maximum atomic E-state index is 13.5. The fourth-order valence-electron chi connectivity index (χ4n) is 3.12. The number of hydrogen-bond donors (Lipinski definition) is 0. The molecule has 0 radical (unpaired) electrons. The molecule has 2 aromatic carbocycles. The van der Waals surface area contributed by atoms with Crippen molar-refractivity contribution in [3.05, 3.63) is 74.5 Å². The van der Waals surface area contributed by atoms with Crippen molar-refractivity contribution in [2.45, 2.75) is 38.1 Å². The van der Waals surface area contributed by atoms with E-state index in [1.54, 1.807) is 24.3 Å². The summed E-state index contributed by atoms with van der Waals surface area (Å²) in [6.45, 7) is 3.37. The number of esters is 1. The van der Waals surface area contributed by atoms with Gasteiger partial charge in [0.1, 0.15) is 6.61 Å². The van der Waals surface area contributed by atoms with Gasteiger partial charge < -0.3 is 4.74 Å². The van der Waals surface area contributed by atoms with E-state index < -0.39 is 16.0 Å². The van der Waals surface area contributed by atoms with Crippen molar-refractivity contribution in [3.63, 3.8) is 0 Å². The molecule has 0 amide bonds. The maximum Gasteiger partial charge on any atom is 0.303 e. The third kappa shape index (κ3) is 4.57. The van der Waals surface area contributed by atoms with Crippen LogP contribution < -0.4 is 0 Å². The summed E-state index contributed by atoms with van der Waals surface area (Å²) in [4.78, 5) is 11.6. The number of benzene rings is 2. The molecule has 0 aromatic heterocycles.